The first-order valence-corrected chi connectivity index (χ1v) is 8.27. The summed E-state index contributed by atoms with van der Waals surface area (Å²) in [6, 6.07) is 6.72. The SMILES string of the molecule is COC1CCC2(CC1)Cc1ccc(Br)cc1C2N=C=S. The fourth-order valence-electron chi connectivity index (χ4n) is 3.90. The van der Waals surface area contributed by atoms with Crippen LogP contribution in [0.2, 0.25) is 0 Å². The second kappa shape index (κ2) is 5.69. The Hall–Kier alpha value is -0.540. The number of methoxy groups -OCH3 is 1. The van der Waals surface area contributed by atoms with Gasteiger partial charge in [-0.15, -0.1) is 0 Å². The molecule has 0 heterocycles. The van der Waals surface area contributed by atoms with Crippen molar-refractivity contribution in [2.45, 2.75) is 44.2 Å². The summed E-state index contributed by atoms with van der Waals surface area (Å²) >= 11 is 8.46. The minimum atomic E-state index is 0.172. The Bertz CT molecular complexity index is 560. The van der Waals surface area contributed by atoms with E-state index in [1.165, 1.54) is 11.1 Å². The molecule has 0 radical (unpaired) electrons. The first-order valence-electron chi connectivity index (χ1n) is 7.06. The number of halogens is 1. The molecule has 2 aliphatic rings. The zero-order chi connectivity index (χ0) is 14.2. The second-order valence-corrected chi connectivity index (χ2v) is 7.04. The molecule has 1 saturated carbocycles. The predicted octanol–water partition coefficient (Wildman–Crippen LogP) is 4.72. The first kappa shape index (κ1) is 14.4. The van der Waals surface area contributed by atoms with Crippen LogP contribution in [0.25, 0.3) is 0 Å². The number of rotatable bonds is 2. The Morgan fingerprint density at radius 3 is 2.80 bits per heavy atom. The highest BCUT2D eigenvalue weighted by atomic mass is 79.9. The fraction of sp³-hybridized carbons (Fsp3) is 0.562. The zero-order valence-electron chi connectivity index (χ0n) is 11.6. The lowest BCUT2D eigenvalue weighted by Crippen LogP contribution is -2.33. The maximum atomic E-state index is 5.51. The second-order valence-electron chi connectivity index (χ2n) is 5.94. The van der Waals surface area contributed by atoms with Gasteiger partial charge < -0.3 is 4.74 Å². The van der Waals surface area contributed by atoms with E-state index in [9.17, 15) is 0 Å². The van der Waals surface area contributed by atoms with Gasteiger partial charge in [0.2, 0.25) is 0 Å². The molecule has 4 heteroatoms. The van der Waals surface area contributed by atoms with E-state index in [4.69, 9.17) is 17.0 Å². The third kappa shape index (κ3) is 2.39. The van der Waals surface area contributed by atoms with Crippen molar-refractivity contribution >= 4 is 33.3 Å². The van der Waals surface area contributed by atoms with Crippen LogP contribution in [0.1, 0.15) is 42.9 Å². The molecule has 0 amide bonds. The maximum absolute atomic E-state index is 5.51. The van der Waals surface area contributed by atoms with Crippen molar-refractivity contribution in [3.05, 3.63) is 33.8 Å². The normalized spacial score (nSPS) is 31.9. The average molecular weight is 352 g/mol. The summed E-state index contributed by atoms with van der Waals surface area (Å²) in [5.74, 6) is 0. The lowest BCUT2D eigenvalue weighted by atomic mass is 9.69. The number of nitrogens with zero attached hydrogens (tertiary/aromatic N) is 1. The van der Waals surface area contributed by atoms with E-state index in [-0.39, 0.29) is 11.5 Å². The Balaban J connectivity index is 1.96. The van der Waals surface area contributed by atoms with E-state index in [1.807, 2.05) is 7.11 Å². The van der Waals surface area contributed by atoms with Gasteiger partial charge >= 0.3 is 0 Å². The van der Waals surface area contributed by atoms with Gasteiger partial charge in [0.1, 0.15) is 0 Å². The fourth-order valence-corrected chi connectivity index (χ4v) is 4.38. The van der Waals surface area contributed by atoms with E-state index in [2.05, 4.69) is 44.3 Å². The van der Waals surface area contributed by atoms with Gasteiger partial charge in [0, 0.05) is 17.0 Å². The molecule has 2 nitrogen and oxygen atoms in total. The van der Waals surface area contributed by atoms with Crippen molar-refractivity contribution < 1.29 is 4.74 Å². The molecular weight excluding hydrogens is 334 g/mol. The molecule has 0 aliphatic heterocycles. The number of ether oxygens (including phenoxy) is 1. The molecule has 1 spiro atoms. The van der Waals surface area contributed by atoms with Crippen LogP contribution in [0, 0.1) is 5.41 Å². The molecule has 0 aromatic heterocycles. The van der Waals surface area contributed by atoms with Crippen molar-refractivity contribution in [2.24, 2.45) is 10.4 Å². The van der Waals surface area contributed by atoms with Crippen molar-refractivity contribution in [1.82, 2.24) is 0 Å². The number of thiocarbonyl (C=S) groups is 1. The van der Waals surface area contributed by atoms with E-state index < -0.39 is 0 Å². The minimum absolute atomic E-state index is 0.172. The summed E-state index contributed by atoms with van der Waals surface area (Å²) in [7, 11) is 1.82. The van der Waals surface area contributed by atoms with Crippen LogP contribution in [-0.2, 0) is 11.2 Å². The molecule has 20 heavy (non-hydrogen) atoms. The van der Waals surface area contributed by atoms with Gasteiger partial charge in [-0.1, -0.05) is 22.0 Å². The van der Waals surface area contributed by atoms with Crippen molar-refractivity contribution in [3.8, 4) is 0 Å². The van der Waals surface area contributed by atoms with E-state index in [1.54, 1.807) is 0 Å². The highest BCUT2D eigenvalue weighted by Gasteiger charge is 2.48. The Kier molecular flexibility index (Phi) is 4.09. The lowest BCUT2D eigenvalue weighted by molar-refractivity contribution is 0.0212. The monoisotopic (exact) mass is 351 g/mol. The lowest BCUT2D eigenvalue weighted by Gasteiger charge is -2.39. The van der Waals surface area contributed by atoms with Crippen LogP contribution in [0.15, 0.2) is 27.7 Å². The molecule has 1 fully saturated rings. The molecule has 0 saturated heterocycles. The van der Waals surface area contributed by atoms with Crippen molar-refractivity contribution in [3.63, 3.8) is 0 Å². The van der Waals surface area contributed by atoms with Gasteiger partial charge in [0.05, 0.1) is 17.3 Å². The largest absolute Gasteiger partial charge is 0.381 e. The molecule has 0 N–H and O–H groups in total. The van der Waals surface area contributed by atoms with Crippen molar-refractivity contribution in [1.29, 1.82) is 0 Å². The van der Waals surface area contributed by atoms with Gasteiger partial charge in [-0.25, -0.2) is 4.99 Å². The molecule has 1 atom stereocenters. The van der Waals surface area contributed by atoms with Crippen LogP contribution in [-0.4, -0.2) is 18.4 Å². The molecule has 106 valence electrons. The molecule has 0 bridgehead atoms. The number of isothiocyanates is 1. The smallest absolute Gasteiger partial charge is 0.0914 e. The zero-order valence-corrected chi connectivity index (χ0v) is 14.0. The topological polar surface area (TPSA) is 21.6 Å². The first-order chi connectivity index (χ1) is 9.68. The number of aliphatic imine (C=N–C) groups is 1. The van der Waals surface area contributed by atoms with Gasteiger partial charge in [0.15, 0.2) is 0 Å². The third-order valence-corrected chi connectivity index (χ3v) is 5.57. The van der Waals surface area contributed by atoms with E-state index in [0.717, 1.165) is 36.6 Å². The Morgan fingerprint density at radius 2 is 2.15 bits per heavy atom. The quantitative estimate of drug-likeness (QED) is 0.567. The summed E-state index contributed by atoms with van der Waals surface area (Å²) in [6.07, 6.45) is 6.07. The van der Waals surface area contributed by atoms with E-state index in [0.29, 0.717) is 6.10 Å². The Labute approximate surface area is 133 Å². The minimum Gasteiger partial charge on any atom is -0.381 e. The molecule has 1 unspecified atom stereocenters. The van der Waals surface area contributed by atoms with E-state index >= 15 is 0 Å². The predicted molar refractivity (Wildman–Crippen MR) is 87.3 cm³/mol. The summed E-state index contributed by atoms with van der Waals surface area (Å²) in [5, 5.41) is 2.63. The van der Waals surface area contributed by atoms with Crippen LogP contribution in [0.5, 0.6) is 0 Å². The standard InChI is InChI=1S/C16H18BrNOS/c1-19-13-4-6-16(7-5-13)9-11-2-3-12(17)8-14(11)15(16)18-10-20/h2-3,8,13,15H,4-7,9H2,1H3. The van der Waals surface area contributed by atoms with Crippen molar-refractivity contribution in [2.75, 3.05) is 7.11 Å². The Morgan fingerprint density at radius 1 is 1.40 bits per heavy atom. The summed E-state index contributed by atoms with van der Waals surface area (Å²) < 4.78 is 6.63. The highest BCUT2D eigenvalue weighted by Crippen LogP contribution is 2.56. The molecule has 1 aromatic carbocycles. The number of benzene rings is 1. The van der Waals surface area contributed by atoms with Crippen LogP contribution in [0.4, 0.5) is 0 Å². The molecule has 3 rings (SSSR count). The summed E-state index contributed by atoms with van der Waals surface area (Å²) in [4.78, 5) is 4.54. The summed E-state index contributed by atoms with van der Waals surface area (Å²) in [6.45, 7) is 0. The van der Waals surface area contributed by atoms with Crippen LogP contribution >= 0.6 is 28.1 Å². The van der Waals surface area contributed by atoms with Gasteiger partial charge in [-0.05, 0) is 67.6 Å². The summed E-state index contributed by atoms with van der Waals surface area (Å²) in [5.41, 5.74) is 2.97. The number of fused-ring (bicyclic) bond motifs is 1. The van der Waals surface area contributed by atoms with Gasteiger partial charge in [0.25, 0.3) is 0 Å². The molecular formula is C16H18BrNOS. The number of hydrogen-bond acceptors (Lipinski definition) is 3. The van der Waals surface area contributed by atoms with Crippen LogP contribution < -0.4 is 0 Å². The van der Waals surface area contributed by atoms with Gasteiger partial charge in [-0.3, -0.25) is 0 Å². The third-order valence-electron chi connectivity index (χ3n) is 4.97. The molecule has 2 aliphatic carbocycles. The number of hydrogen-bond donors (Lipinski definition) is 0. The van der Waals surface area contributed by atoms with Gasteiger partial charge in [-0.2, -0.15) is 0 Å². The average Bonchev–Trinajstić information content (AvgIpc) is 2.74. The highest BCUT2D eigenvalue weighted by molar-refractivity contribution is 9.10. The maximum Gasteiger partial charge on any atom is 0.0914 e. The van der Waals surface area contributed by atoms with Crippen LogP contribution in [0.3, 0.4) is 0 Å². The molecule has 1 aromatic rings.